The zero-order chi connectivity index (χ0) is 14.0. The number of aromatic amines is 1. The van der Waals surface area contributed by atoms with E-state index in [2.05, 4.69) is 30.6 Å². The number of H-pyrrole nitrogens is 1. The number of benzene rings is 1. The smallest absolute Gasteiger partial charge is 0.405 e. The molecular weight excluding hydrogens is 329 g/mol. The van der Waals surface area contributed by atoms with E-state index in [0.29, 0.717) is 10.8 Å². The number of aldehydes is 1. The summed E-state index contributed by atoms with van der Waals surface area (Å²) in [5.41, 5.74) is 0.257. The molecule has 0 saturated carbocycles. The summed E-state index contributed by atoms with van der Waals surface area (Å²) in [5.74, 6) is -0.287. The Morgan fingerprint density at radius 3 is 2.68 bits per heavy atom. The first kappa shape index (κ1) is 13.6. The Hall–Kier alpha value is -1.83. The Morgan fingerprint density at radius 2 is 2.11 bits per heavy atom. The standard InChI is InChI=1S/C11H6BrF3N2O2/c12-6-1-2-9(19-11(13,14)15)8(3-6)10-16-4-7(5-18)17-10/h1-5H,(H,16,17). The molecule has 19 heavy (non-hydrogen) atoms. The first-order valence-corrected chi connectivity index (χ1v) is 5.74. The Labute approximate surface area is 113 Å². The van der Waals surface area contributed by atoms with Gasteiger partial charge in [-0.15, -0.1) is 13.2 Å². The van der Waals surface area contributed by atoms with Gasteiger partial charge in [0.15, 0.2) is 6.29 Å². The molecule has 0 atom stereocenters. The molecule has 0 amide bonds. The molecule has 2 aromatic rings. The summed E-state index contributed by atoms with van der Waals surface area (Å²) in [6, 6.07) is 3.98. The average molecular weight is 335 g/mol. The van der Waals surface area contributed by atoms with Gasteiger partial charge in [0.1, 0.15) is 11.6 Å². The fourth-order valence-electron chi connectivity index (χ4n) is 1.43. The van der Waals surface area contributed by atoms with Crippen LogP contribution >= 0.6 is 15.9 Å². The van der Waals surface area contributed by atoms with Gasteiger partial charge in [0.25, 0.3) is 0 Å². The molecule has 0 unspecified atom stereocenters. The molecule has 100 valence electrons. The lowest BCUT2D eigenvalue weighted by molar-refractivity contribution is -0.274. The minimum Gasteiger partial charge on any atom is -0.405 e. The maximum absolute atomic E-state index is 12.3. The maximum atomic E-state index is 12.3. The molecule has 0 aliphatic carbocycles. The van der Waals surface area contributed by atoms with Crippen LogP contribution in [0.4, 0.5) is 13.2 Å². The minimum absolute atomic E-state index is 0.0970. The van der Waals surface area contributed by atoms with Gasteiger partial charge in [-0.25, -0.2) is 4.98 Å². The summed E-state index contributed by atoms with van der Waals surface area (Å²) in [6.45, 7) is 0. The molecule has 8 heteroatoms. The van der Waals surface area contributed by atoms with Crippen molar-refractivity contribution in [1.82, 2.24) is 9.97 Å². The number of nitrogens with one attached hydrogen (secondary N) is 1. The summed E-state index contributed by atoms with van der Waals surface area (Å²) in [4.78, 5) is 17.0. The molecule has 0 bridgehead atoms. The predicted octanol–water partition coefficient (Wildman–Crippen LogP) is 3.55. The molecule has 0 saturated heterocycles. The Bertz CT molecular complexity index is 610. The number of rotatable bonds is 3. The van der Waals surface area contributed by atoms with Gasteiger partial charge in [-0.3, -0.25) is 4.79 Å². The SMILES string of the molecule is O=Cc1cnc(-c2cc(Br)ccc2OC(F)(F)F)[nH]1. The van der Waals surface area contributed by atoms with E-state index < -0.39 is 12.1 Å². The van der Waals surface area contributed by atoms with Crippen LogP contribution in [-0.2, 0) is 0 Å². The largest absolute Gasteiger partial charge is 0.573 e. The van der Waals surface area contributed by atoms with E-state index >= 15 is 0 Å². The molecule has 1 heterocycles. The van der Waals surface area contributed by atoms with Gasteiger partial charge < -0.3 is 9.72 Å². The molecule has 0 spiro atoms. The molecule has 0 radical (unpaired) electrons. The summed E-state index contributed by atoms with van der Waals surface area (Å²) in [5, 5.41) is 0. The van der Waals surface area contributed by atoms with Gasteiger partial charge in [-0.1, -0.05) is 15.9 Å². The normalized spacial score (nSPS) is 11.4. The highest BCUT2D eigenvalue weighted by Gasteiger charge is 2.32. The Balaban J connectivity index is 2.47. The molecular formula is C11H6BrF3N2O2. The van der Waals surface area contributed by atoms with Crippen molar-refractivity contribution >= 4 is 22.2 Å². The average Bonchev–Trinajstić information content (AvgIpc) is 2.78. The highest BCUT2D eigenvalue weighted by atomic mass is 79.9. The van der Waals surface area contributed by atoms with Gasteiger partial charge >= 0.3 is 6.36 Å². The fraction of sp³-hybridized carbons (Fsp3) is 0.0909. The van der Waals surface area contributed by atoms with Crippen molar-refractivity contribution in [3.63, 3.8) is 0 Å². The lowest BCUT2D eigenvalue weighted by atomic mass is 10.2. The second kappa shape index (κ2) is 5.04. The molecule has 1 aromatic heterocycles. The molecule has 1 aromatic carbocycles. The Morgan fingerprint density at radius 1 is 1.37 bits per heavy atom. The van der Waals surface area contributed by atoms with Crippen LogP contribution in [0.15, 0.2) is 28.9 Å². The van der Waals surface area contributed by atoms with Crippen LogP contribution in [0.1, 0.15) is 10.5 Å². The van der Waals surface area contributed by atoms with Gasteiger partial charge in [-0.2, -0.15) is 0 Å². The van der Waals surface area contributed by atoms with Crippen LogP contribution in [0.2, 0.25) is 0 Å². The third-order valence-corrected chi connectivity index (χ3v) is 2.64. The first-order chi connectivity index (χ1) is 8.89. The zero-order valence-corrected chi connectivity index (χ0v) is 10.7. The van der Waals surface area contributed by atoms with Crippen LogP contribution in [0.25, 0.3) is 11.4 Å². The lowest BCUT2D eigenvalue weighted by Crippen LogP contribution is -2.17. The summed E-state index contributed by atoms with van der Waals surface area (Å²) in [7, 11) is 0. The lowest BCUT2D eigenvalue weighted by Gasteiger charge is -2.12. The van der Waals surface area contributed by atoms with Crippen LogP contribution in [0.5, 0.6) is 5.75 Å². The van der Waals surface area contributed by atoms with Gasteiger partial charge in [0, 0.05) is 4.47 Å². The highest BCUT2D eigenvalue weighted by Crippen LogP contribution is 2.34. The van der Waals surface area contributed by atoms with Crippen molar-refractivity contribution in [3.05, 3.63) is 34.6 Å². The molecule has 2 rings (SSSR count). The van der Waals surface area contributed by atoms with E-state index in [0.717, 1.165) is 6.07 Å². The first-order valence-electron chi connectivity index (χ1n) is 4.95. The van der Waals surface area contributed by atoms with Gasteiger partial charge in [0.2, 0.25) is 0 Å². The second-order valence-electron chi connectivity index (χ2n) is 3.49. The van der Waals surface area contributed by atoms with E-state index in [9.17, 15) is 18.0 Å². The Kier molecular flexibility index (Phi) is 3.61. The third kappa shape index (κ3) is 3.34. The molecule has 0 aliphatic rings. The third-order valence-electron chi connectivity index (χ3n) is 2.14. The number of hydrogen-bond acceptors (Lipinski definition) is 3. The van der Waals surface area contributed by atoms with Crippen molar-refractivity contribution in [2.24, 2.45) is 0 Å². The summed E-state index contributed by atoms with van der Waals surface area (Å²) < 4.78 is 41.3. The van der Waals surface area contributed by atoms with E-state index in [4.69, 9.17) is 0 Å². The van der Waals surface area contributed by atoms with Crippen molar-refractivity contribution in [2.75, 3.05) is 0 Å². The number of aromatic nitrogens is 2. The summed E-state index contributed by atoms with van der Waals surface area (Å²) in [6.07, 6.45) is -3.07. The summed E-state index contributed by atoms with van der Waals surface area (Å²) >= 11 is 3.15. The van der Waals surface area contributed by atoms with Gasteiger partial charge in [-0.05, 0) is 18.2 Å². The topological polar surface area (TPSA) is 55.0 Å². The molecule has 1 N–H and O–H groups in total. The van der Waals surface area contributed by atoms with E-state index in [1.807, 2.05) is 0 Å². The second-order valence-corrected chi connectivity index (χ2v) is 4.41. The quantitative estimate of drug-likeness (QED) is 0.873. The van der Waals surface area contributed by atoms with Crippen LogP contribution < -0.4 is 4.74 Å². The number of alkyl halides is 3. The van der Waals surface area contributed by atoms with Crippen molar-refractivity contribution in [2.45, 2.75) is 6.36 Å². The number of carbonyl (C=O) groups is 1. The highest BCUT2D eigenvalue weighted by molar-refractivity contribution is 9.10. The van der Waals surface area contributed by atoms with Crippen LogP contribution in [0.3, 0.4) is 0 Å². The van der Waals surface area contributed by atoms with E-state index in [1.54, 1.807) is 0 Å². The maximum Gasteiger partial charge on any atom is 0.573 e. The number of hydrogen-bond donors (Lipinski definition) is 1. The van der Waals surface area contributed by atoms with Gasteiger partial charge in [0.05, 0.1) is 17.5 Å². The number of nitrogens with zero attached hydrogens (tertiary/aromatic N) is 1. The van der Waals surface area contributed by atoms with E-state index in [-0.39, 0.29) is 17.1 Å². The van der Waals surface area contributed by atoms with Crippen molar-refractivity contribution < 1.29 is 22.7 Å². The molecule has 0 fully saturated rings. The molecule has 0 aliphatic heterocycles. The zero-order valence-electron chi connectivity index (χ0n) is 9.16. The molecule has 4 nitrogen and oxygen atoms in total. The number of carbonyl (C=O) groups excluding carboxylic acids is 1. The monoisotopic (exact) mass is 334 g/mol. The van der Waals surface area contributed by atoms with Crippen molar-refractivity contribution in [3.8, 4) is 17.1 Å². The van der Waals surface area contributed by atoms with E-state index in [1.165, 1.54) is 18.3 Å². The number of ether oxygens (including phenoxy) is 1. The van der Waals surface area contributed by atoms with Crippen LogP contribution in [0, 0.1) is 0 Å². The predicted molar refractivity (Wildman–Crippen MR) is 63.8 cm³/mol. The minimum atomic E-state index is -4.80. The fourth-order valence-corrected chi connectivity index (χ4v) is 1.79. The number of imidazole rings is 1. The number of halogens is 4. The van der Waals surface area contributed by atoms with Crippen LogP contribution in [-0.4, -0.2) is 22.6 Å². The van der Waals surface area contributed by atoms with Crippen molar-refractivity contribution in [1.29, 1.82) is 0 Å².